The number of halogens is 4. The van der Waals surface area contributed by atoms with Crippen molar-refractivity contribution >= 4 is 121 Å². The molecule has 5 aliphatic heterocycles. The number of rotatable bonds is 16. The number of morpholine rings is 2. The third-order valence-corrected chi connectivity index (χ3v) is 18.3. The molecule has 7 aromatic rings. The van der Waals surface area contributed by atoms with Crippen LogP contribution in [0.3, 0.4) is 0 Å². The molecule has 2 unspecified atom stereocenters. The Bertz CT molecular complexity index is 3920. The van der Waals surface area contributed by atoms with Crippen LogP contribution in [0, 0.1) is 0 Å². The van der Waals surface area contributed by atoms with Crippen LogP contribution in [-0.2, 0) is 74.9 Å². The van der Waals surface area contributed by atoms with Gasteiger partial charge < -0.3 is 65.3 Å². The molecule has 0 aliphatic carbocycles. The Kier molecular flexibility index (Phi) is 25.9. The first kappa shape index (κ1) is 73.1. The number of nitrogens with zero attached hydrogens (tertiary/aromatic N) is 4. The lowest BCUT2D eigenvalue weighted by molar-refractivity contribution is -0.136. The lowest BCUT2D eigenvalue weighted by Gasteiger charge is -2.32. The van der Waals surface area contributed by atoms with E-state index in [1.165, 1.54) is 12.2 Å². The average Bonchev–Trinajstić information content (AvgIpc) is 1.62. The first-order valence-electron chi connectivity index (χ1n) is 31.6. The van der Waals surface area contributed by atoms with Crippen molar-refractivity contribution in [1.82, 2.24) is 30.4 Å². The Labute approximate surface area is 591 Å². The molecular weight excluding hydrogens is 1410 g/mol. The first-order valence-corrected chi connectivity index (χ1v) is 34.0. The first-order chi connectivity index (χ1) is 46.4. The second-order valence-electron chi connectivity index (χ2n) is 24.5. The van der Waals surface area contributed by atoms with Gasteiger partial charge in [-0.1, -0.05) is 110 Å². The predicted molar refractivity (Wildman–Crippen MR) is 384 cm³/mol. The number of carboxylic acid groups (broad SMARTS) is 1. The van der Waals surface area contributed by atoms with Gasteiger partial charge in [0.25, 0.3) is 0 Å². The highest BCUT2D eigenvalue weighted by Crippen LogP contribution is 2.41. The second kappa shape index (κ2) is 34.4. The molecule has 7 heterocycles. The monoisotopic (exact) mass is 1480 g/mol. The van der Waals surface area contributed by atoms with Crippen LogP contribution in [0.4, 0.5) is 11.6 Å². The zero-order valence-corrected chi connectivity index (χ0v) is 58.9. The molecule has 3 fully saturated rings. The van der Waals surface area contributed by atoms with Crippen molar-refractivity contribution in [3.63, 3.8) is 0 Å². The fourth-order valence-electron chi connectivity index (χ4n) is 10.6. The summed E-state index contributed by atoms with van der Waals surface area (Å²) in [5, 5.41) is 15.2. The maximum absolute atomic E-state index is 12.5. The summed E-state index contributed by atoms with van der Waals surface area (Å²) in [6.45, 7) is 14.0. The van der Waals surface area contributed by atoms with Crippen LogP contribution >= 0.6 is 55.1 Å². The van der Waals surface area contributed by atoms with Gasteiger partial charge in [0.05, 0.1) is 80.0 Å². The van der Waals surface area contributed by atoms with Crippen molar-refractivity contribution in [3.8, 4) is 22.6 Å². The van der Waals surface area contributed by atoms with Gasteiger partial charge in [-0.25, -0.2) is 9.97 Å². The highest BCUT2D eigenvalue weighted by atomic mass is 79.9. The van der Waals surface area contributed by atoms with Crippen LogP contribution in [0.15, 0.2) is 155 Å². The van der Waals surface area contributed by atoms with Crippen LogP contribution in [-0.4, -0.2) is 151 Å². The van der Waals surface area contributed by atoms with Crippen molar-refractivity contribution in [2.24, 2.45) is 0 Å². The van der Waals surface area contributed by atoms with Crippen LogP contribution in [0.2, 0.25) is 10.0 Å². The highest BCUT2D eigenvalue weighted by Gasteiger charge is 2.52. The Morgan fingerprint density at radius 3 is 1.41 bits per heavy atom. The number of nitrogens with one attached hydrogen (secondary N) is 2. The van der Waals surface area contributed by atoms with Crippen molar-refractivity contribution in [2.45, 2.75) is 83.2 Å². The number of nitrogens with two attached hydrogens (primary N) is 2. The largest absolute Gasteiger partial charge is 0.494 e. The smallest absolute Gasteiger partial charge is 0.486 e. The molecule has 508 valence electrons. The number of benzene rings is 5. The number of carboxylic acids is 1. The number of aliphatic carboxylic acids is 1. The molecule has 25 heteroatoms. The number of aromatic nitrogens is 2. The molecular formula is C72H77BBr2Cl2N8O12. The van der Waals surface area contributed by atoms with Gasteiger partial charge in [0.15, 0.2) is 0 Å². The molecule has 4 amide bonds. The molecule has 0 saturated carbocycles. The van der Waals surface area contributed by atoms with Crippen molar-refractivity contribution < 1.29 is 57.3 Å². The summed E-state index contributed by atoms with van der Waals surface area (Å²) in [5.41, 5.74) is 19.5. The molecule has 3 saturated heterocycles. The lowest BCUT2D eigenvalue weighted by atomic mass is 9.78. The van der Waals surface area contributed by atoms with E-state index < -0.39 is 24.3 Å². The van der Waals surface area contributed by atoms with E-state index >= 15 is 0 Å². The molecule has 5 aromatic carbocycles. The third-order valence-electron chi connectivity index (χ3n) is 16.6. The number of amides is 4. The maximum atomic E-state index is 12.5. The van der Waals surface area contributed by atoms with E-state index in [1.807, 2.05) is 116 Å². The van der Waals surface area contributed by atoms with Gasteiger partial charge in [0, 0.05) is 78.1 Å². The van der Waals surface area contributed by atoms with Gasteiger partial charge in [-0.3, -0.25) is 24.0 Å². The van der Waals surface area contributed by atoms with Crippen molar-refractivity contribution in [3.05, 3.63) is 204 Å². The molecule has 12 rings (SSSR count). The lowest BCUT2D eigenvalue weighted by Crippen LogP contribution is -2.41. The van der Waals surface area contributed by atoms with Crippen LogP contribution < -0.4 is 37.0 Å². The Balaban J connectivity index is 0.000000167. The van der Waals surface area contributed by atoms with E-state index in [9.17, 15) is 24.0 Å². The molecule has 97 heavy (non-hydrogen) atoms. The standard InChI is InChI=1S/C29H29ClN4O4.C23H27BClN3O4.C12H14BrNO2.C8H7BrO2/c30-25-16-22(21-5-1-19(2-6-21)13-28(36)34-9-11-37-12-10-34)14-23-15-24(38-29(23)25)18-33-27(35)8-4-20-3-7-26(31)32-17-20;1-22(2)23(3,4)32-24(31-22)16-9-15-10-17(30-21(15)18(25)11-16)13-28-20(29)8-6-14-5-7-19(26)27-12-14;13-11-3-1-10(2-4-11)9-12(15)14-5-7-16-8-6-14;9-7-3-1-6(2-4-7)5-8(10)11/h1-8,14,16-17,24H,9-13,15,18H2,(H2,31,32)(H,33,35);5-9,11-12,17H,10,13H2,1-4H3,(H2,26,27)(H,28,29);1-4H,5-9H2;1-4H,5H2,(H,10,11)/b8-4+;8-6+;;. The van der Waals surface area contributed by atoms with Crippen molar-refractivity contribution in [2.75, 3.05) is 77.2 Å². The summed E-state index contributed by atoms with van der Waals surface area (Å²) in [7, 11) is -0.491. The predicted octanol–water partition coefficient (Wildman–Crippen LogP) is 10.2. The number of carbonyl (C=O) groups is 5. The average molecular weight is 1490 g/mol. The summed E-state index contributed by atoms with van der Waals surface area (Å²) in [6.07, 6.45) is 11.3. The van der Waals surface area contributed by atoms with Gasteiger partial charge >= 0.3 is 13.1 Å². The number of hydrogen-bond acceptors (Lipinski definition) is 15. The highest BCUT2D eigenvalue weighted by molar-refractivity contribution is 9.10. The van der Waals surface area contributed by atoms with E-state index in [4.69, 9.17) is 68.0 Å². The molecule has 20 nitrogen and oxygen atoms in total. The number of hydrogen-bond donors (Lipinski definition) is 5. The number of nitrogen functional groups attached to an aromatic ring is 2. The van der Waals surface area contributed by atoms with E-state index in [0.29, 0.717) is 111 Å². The minimum absolute atomic E-state index is 0.0906. The minimum atomic E-state index is -0.799. The minimum Gasteiger partial charge on any atom is -0.486 e. The molecule has 0 spiro atoms. The topological polar surface area (TPSA) is 269 Å². The van der Waals surface area contributed by atoms with Gasteiger partial charge in [-0.15, -0.1) is 0 Å². The van der Waals surface area contributed by atoms with Crippen molar-refractivity contribution in [1.29, 1.82) is 0 Å². The summed E-state index contributed by atoms with van der Waals surface area (Å²) in [4.78, 5) is 70.8. The zero-order chi connectivity index (χ0) is 69.2. The number of anilines is 2. The third kappa shape index (κ3) is 21.7. The van der Waals surface area contributed by atoms with Gasteiger partial charge in [0.1, 0.15) is 35.3 Å². The molecule has 2 aromatic heterocycles. The Morgan fingerprint density at radius 1 is 0.577 bits per heavy atom. The summed E-state index contributed by atoms with van der Waals surface area (Å²) in [6, 6.07) is 37.9. The van der Waals surface area contributed by atoms with E-state index in [0.717, 1.165) is 77.6 Å². The second-order valence-corrected chi connectivity index (χ2v) is 27.1. The molecule has 5 aliphatic rings. The molecule has 0 bridgehead atoms. The summed E-state index contributed by atoms with van der Waals surface area (Å²) < 4.78 is 36.8. The molecule has 0 radical (unpaired) electrons. The Hall–Kier alpha value is -8.13. The SMILES string of the molecule is CC1(C)OB(c2cc(Cl)c3c(c2)CC(CNC(=O)/C=C/c2ccc(N)nc2)O3)OC1(C)C.Nc1ccc(/C=C/C(=O)NCC2Cc3cc(-c4ccc(CC(=O)N5CCOCC5)cc4)cc(Cl)c3O2)cn1.O=C(Cc1ccc(Br)cc1)N1CCOCC1.O=C(O)Cc1ccc(Br)cc1. The van der Waals surface area contributed by atoms with E-state index in [2.05, 4.69) is 58.5 Å². The van der Waals surface area contributed by atoms with Crippen LogP contribution in [0.25, 0.3) is 23.3 Å². The fourth-order valence-corrected chi connectivity index (χ4v) is 11.7. The normalized spacial score (nSPS) is 17.2. The quantitative estimate of drug-likeness (QED) is 0.0445. The summed E-state index contributed by atoms with van der Waals surface area (Å²) in [5.74, 6) is 1.24. The van der Waals surface area contributed by atoms with Gasteiger partial charge in [-0.05, 0) is 157 Å². The number of pyridine rings is 2. The van der Waals surface area contributed by atoms with Crippen LogP contribution in [0.5, 0.6) is 11.5 Å². The Morgan fingerprint density at radius 2 is 0.990 bits per heavy atom. The fraction of sp³-hybridized carbons (Fsp3) is 0.319. The maximum Gasteiger partial charge on any atom is 0.494 e. The van der Waals surface area contributed by atoms with Gasteiger partial charge in [-0.2, -0.15) is 0 Å². The number of carbonyl (C=O) groups excluding carboxylic acids is 4. The molecule has 7 N–H and O–H groups in total. The number of ether oxygens (including phenoxy) is 4. The zero-order valence-electron chi connectivity index (χ0n) is 54.2. The van der Waals surface area contributed by atoms with Gasteiger partial charge in [0.2, 0.25) is 23.6 Å². The van der Waals surface area contributed by atoms with E-state index in [1.54, 1.807) is 60.9 Å². The number of fused-ring (bicyclic) bond motifs is 2. The molecule has 2 atom stereocenters. The summed E-state index contributed by atoms with van der Waals surface area (Å²) >= 11 is 19.7. The van der Waals surface area contributed by atoms with E-state index in [-0.39, 0.29) is 42.3 Å². The van der Waals surface area contributed by atoms with Crippen LogP contribution in [0.1, 0.15) is 66.6 Å².